The molecule has 0 atom stereocenters. The van der Waals surface area contributed by atoms with Gasteiger partial charge in [0.25, 0.3) is 0 Å². The first kappa shape index (κ1) is 9.81. The molecule has 1 aliphatic carbocycles. The molecule has 76 valence electrons. The van der Waals surface area contributed by atoms with Crippen LogP contribution in [0.5, 0.6) is 0 Å². The molecule has 0 fully saturated rings. The van der Waals surface area contributed by atoms with Crippen molar-refractivity contribution in [1.82, 2.24) is 0 Å². The van der Waals surface area contributed by atoms with Gasteiger partial charge in [0.2, 0.25) is 0 Å². The molecule has 0 bridgehead atoms. The number of hydrogen-bond acceptors (Lipinski definition) is 3. The molecule has 14 heavy (non-hydrogen) atoms. The van der Waals surface area contributed by atoms with Crippen molar-refractivity contribution in [2.75, 3.05) is 12.8 Å². The van der Waals surface area contributed by atoms with Gasteiger partial charge in [-0.3, -0.25) is 0 Å². The molecule has 0 saturated carbocycles. The first-order chi connectivity index (χ1) is 6.74. The molecule has 0 unspecified atom stereocenters. The predicted octanol–water partition coefficient (Wildman–Crippen LogP) is 0.991. The van der Waals surface area contributed by atoms with E-state index in [9.17, 15) is 4.79 Å². The third kappa shape index (κ3) is 1.49. The van der Waals surface area contributed by atoms with E-state index in [-0.39, 0.29) is 20.5 Å². The van der Waals surface area contributed by atoms with E-state index in [1.807, 2.05) is 0 Å². The summed E-state index contributed by atoms with van der Waals surface area (Å²) in [7, 11) is 1.41. The third-order valence-electron chi connectivity index (χ3n) is 2.58. The number of rotatable bonds is 1. The SMILES string of the molecule is COC(=O)c1[se]c2c(c1N)CCCC2. The topological polar surface area (TPSA) is 52.3 Å². The van der Waals surface area contributed by atoms with Gasteiger partial charge in [0.05, 0.1) is 0 Å². The molecule has 1 aromatic heterocycles. The number of nitrogens with two attached hydrogens (primary N) is 1. The van der Waals surface area contributed by atoms with Crippen LogP contribution in [0.3, 0.4) is 0 Å². The molecule has 0 amide bonds. The van der Waals surface area contributed by atoms with Crippen molar-refractivity contribution in [3.63, 3.8) is 0 Å². The van der Waals surface area contributed by atoms with E-state index < -0.39 is 0 Å². The van der Waals surface area contributed by atoms with Gasteiger partial charge < -0.3 is 0 Å². The maximum atomic E-state index is 11.4. The Kier molecular flexibility index (Phi) is 2.66. The first-order valence-corrected chi connectivity index (χ1v) is 6.43. The van der Waals surface area contributed by atoms with Gasteiger partial charge >= 0.3 is 88.7 Å². The van der Waals surface area contributed by atoms with E-state index in [1.54, 1.807) is 0 Å². The first-order valence-electron chi connectivity index (χ1n) is 4.72. The van der Waals surface area contributed by atoms with E-state index in [0.29, 0.717) is 5.69 Å². The Labute approximate surface area is 89.0 Å². The van der Waals surface area contributed by atoms with Crippen molar-refractivity contribution < 1.29 is 9.53 Å². The van der Waals surface area contributed by atoms with E-state index in [4.69, 9.17) is 10.5 Å². The molecule has 4 heteroatoms. The van der Waals surface area contributed by atoms with E-state index in [2.05, 4.69) is 0 Å². The molecule has 0 spiro atoms. The number of carbonyl (C=O) groups excluding carboxylic acids is 1. The van der Waals surface area contributed by atoms with Crippen LogP contribution in [0, 0.1) is 0 Å². The number of carbonyl (C=O) groups is 1. The number of nitrogen functional groups attached to an aromatic ring is 1. The Morgan fingerprint density at radius 3 is 2.79 bits per heavy atom. The summed E-state index contributed by atoms with van der Waals surface area (Å²) in [5, 5.41) is 0. The van der Waals surface area contributed by atoms with Gasteiger partial charge in [-0.25, -0.2) is 0 Å². The van der Waals surface area contributed by atoms with Gasteiger partial charge in [-0.2, -0.15) is 0 Å². The van der Waals surface area contributed by atoms with Crippen molar-refractivity contribution in [2.24, 2.45) is 0 Å². The summed E-state index contributed by atoms with van der Waals surface area (Å²) in [5.41, 5.74) is 7.91. The number of methoxy groups -OCH3 is 1. The number of esters is 1. The fourth-order valence-electron chi connectivity index (χ4n) is 1.83. The molecule has 0 aromatic carbocycles. The standard InChI is InChI=1S/C10H13NO2Se/c1-13-10(12)9-8(11)6-4-2-3-5-7(6)14-9/h2-5,11H2,1H3. The summed E-state index contributed by atoms with van der Waals surface area (Å²) >= 11 is 0.132. The fraction of sp³-hybridized carbons (Fsp3) is 0.500. The minimum atomic E-state index is -0.239. The molecule has 3 nitrogen and oxygen atoms in total. The van der Waals surface area contributed by atoms with Gasteiger partial charge in [-0.05, 0) is 0 Å². The molecule has 1 aliphatic rings. The average molecular weight is 258 g/mol. The predicted molar refractivity (Wildman–Crippen MR) is 55.8 cm³/mol. The van der Waals surface area contributed by atoms with Crippen LogP contribution >= 0.6 is 0 Å². The molecule has 0 aliphatic heterocycles. The van der Waals surface area contributed by atoms with Gasteiger partial charge in [0.15, 0.2) is 0 Å². The van der Waals surface area contributed by atoms with Crippen molar-refractivity contribution in [2.45, 2.75) is 25.7 Å². The summed E-state index contributed by atoms with van der Waals surface area (Å²) in [6.07, 6.45) is 4.60. The van der Waals surface area contributed by atoms with Crippen LogP contribution in [0.4, 0.5) is 5.69 Å². The van der Waals surface area contributed by atoms with Gasteiger partial charge in [-0.1, -0.05) is 0 Å². The van der Waals surface area contributed by atoms with Crippen LogP contribution in [0.25, 0.3) is 0 Å². The summed E-state index contributed by atoms with van der Waals surface area (Å²) in [4.78, 5) is 11.4. The van der Waals surface area contributed by atoms with Gasteiger partial charge in [0, 0.05) is 0 Å². The Morgan fingerprint density at radius 1 is 1.43 bits per heavy atom. The summed E-state index contributed by atoms with van der Waals surface area (Å²) in [6, 6.07) is 0. The molecule has 2 N–H and O–H groups in total. The molecule has 0 radical (unpaired) electrons. The van der Waals surface area contributed by atoms with Crippen LogP contribution in [-0.2, 0) is 17.6 Å². The molecular weight excluding hydrogens is 245 g/mol. The summed E-state index contributed by atoms with van der Waals surface area (Å²) in [6.45, 7) is 0. The average Bonchev–Trinajstić information content (AvgIpc) is 2.56. The van der Waals surface area contributed by atoms with E-state index >= 15 is 0 Å². The summed E-state index contributed by atoms with van der Waals surface area (Å²) in [5.74, 6) is -0.239. The number of anilines is 1. The second-order valence-corrected chi connectivity index (χ2v) is 5.76. The second kappa shape index (κ2) is 3.79. The Hall–Kier alpha value is -0.731. The van der Waals surface area contributed by atoms with E-state index in [0.717, 1.165) is 17.3 Å². The minimum absolute atomic E-state index is 0.132. The van der Waals surface area contributed by atoms with Crippen LogP contribution in [-0.4, -0.2) is 27.6 Å². The van der Waals surface area contributed by atoms with Gasteiger partial charge in [0.1, 0.15) is 0 Å². The molecule has 2 rings (SSSR count). The monoisotopic (exact) mass is 259 g/mol. The zero-order valence-electron chi connectivity index (χ0n) is 8.13. The Bertz CT molecular complexity index is 370. The van der Waals surface area contributed by atoms with Crippen LogP contribution in [0.15, 0.2) is 0 Å². The number of fused-ring (bicyclic) bond motifs is 1. The van der Waals surface area contributed by atoms with Gasteiger partial charge in [-0.15, -0.1) is 0 Å². The number of aryl methyl sites for hydroxylation is 1. The van der Waals surface area contributed by atoms with Crippen molar-refractivity contribution >= 4 is 26.2 Å². The molecule has 1 aromatic rings. The molecule has 0 saturated heterocycles. The molecular formula is C10H13NO2Se. The zero-order chi connectivity index (χ0) is 10.1. The fourth-order valence-corrected chi connectivity index (χ4v) is 4.41. The van der Waals surface area contributed by atoms with Crippen molar-refractivity contribution in [3.8, 4) is 0 Å². The number of ether oxygens (including phenoxy) is 1. The Morgan fingerprint density at radius 2 is 2.14 bits per heavy atom. The quantitative estimate of drug-likeness (QED) is 0.603. The van der Waals surface area contributed by atoms with Crippen LogP contribution < -0.4 is 5.73 Å². The summed E-state index contributed by atoms with van der Waals surface area (Å²) < 4.78 is 6.87. The van der Waals surface area contributed by atoms with Crippen molar-refractivity contribution in [3.05, 3.63) is 14.4 Å². The normalized spacial score (nSPS) is 14.9. The van der Waals surface area contributed by atoms with Crippen LogP contribution in [0.2, 0.25) is 0 Å². The maximum absolute atomic E-state index is 11.4. The third-order valence-corrected chi connectivity index (χ3v) is 5.28. The van der Waals surface area contributed by atoms with Crippen molar-refractivity contribution in [1.29, 1.82) is 0 Å². The van der Waals surface area contributed by atoms with Crippen LogP contribution in [0.1, 0.15) is 32.1 Å². The number of hydrogen-bond donors (Lipinski definition) is 1. The zero-order valence-corrected chi connectivity index (χ0v) is 9.84. The molecule has 1 heterocycles. The van der Waals surface area contributed by atoms with E-state index in [1.165, 1.54) is 30.0 Å². The second-order valence-electron chi connectivity index (χ2n) is 3.45. The Balaban J connectivity index is 2.43.